The van der Waals surface area contributed by atoms with Gasteiger partial charge in [0, 0.05) is 11.5 Å². The number of hydrogen-bond acceptors (Lipinski definition) is 2. The van der Waals surface area contributed by atoms with Crippen LogP contribution >= 0.6 is 0 Å². The average molecular weight is 407 g/mol. The van der Waals surface area contributed by atoms with Gasteiger partial charge in [0.1, 0.15) is 6.10 Å². The predicted molar refractivity (Wildman–Crippen MR) is 122 cm³/mol. The number of carbonyl (C=O) groups excluding carboxylic acids is 1. The molecule has 5 rings (SSSR count). The predicted octanol–water partition coefficient (Wildman–Crippen LogP) is 7.04. The number of carbonyl (C=O) groups is 1. The van der Waals surface area contributed by atoms with Gasteiger partial charge in [0.25, 0.3) is 0 Å². The summed E-state index contributed by atoms with van der Waals surface area (Å²) in [5, 5.41) is 0. The number of hydrogen-bond donors (Lipinski definition) is 0. The minimum atomic E-state index is -0.171. The van der Waals surface area contributed by atoms with Crippen LogP contribution in [0.4, 0.5) is 0 Å². The largest absolute Gasteiger partial charge is 0.459 e. The Morgan fingerprint density at radius 2 is 1.70 bits per heavy atom. The summed E-state index contributed by atoms with van der Waals surface area (Å²) in [6.07, 6.45) is 17.1. The first-order valence-corrected chi connectivity index (χ1v) is 12.4. The highest BCUT2D eigenvalue weighted by Crippen LogP contribution is 2.66. The van der Waals surface area contributed by atoms with Gasteiger partial charge in [-0.2, -0.15) is 0 Å². The smallest absolute Gasteiger partial charge is 0.331 e. The zero-order valence-corrected chi connectivity index (χ0v) is 18.8. The molecule has 1 aromatic carbocycles. The molecular formula is C28H38O2. The molecule has 0 saturated heterocycles. The number of ether oxygens (including phenoxy) is 1. The van der Waals surface area contributed by atoms with E-state index in [2.05, 4.69) is 13.8 Å². The highest BCUT2D eigenvalue weighted by molar-refractivity contribution is 5.87. The Balaban J connectivity index is 1.28. The first-order chi connectivity index (χ1) is 14.5. The fourth-order valence-electron chi connectivity index (χ4n) is 8.35. The van der Waals surface area contributed by atoms with Gasteiger partial charge in [-0.3, -0.25) is 0 Å². The molecule has 0 aliphatic heterocycles. The van der Waals surface area contributed by atoms with Crippen molar-refractivity contribution in [1.82, 2.24) is 0 Å². The SMILES string of the molecule is C[C@]12CCCC[C@@H]1CC[C@H]1[C@H]2CC[C@@]2(C)[C@@H]1CC[C@H]2OC(=O)/C=C/c1ccccc1. The molecule has 0 aromatic heterocycles. The first kappa shape index (κ1) is 20.3. The first-order valence-electron chi connectivity index (χ1n) is 12.4. The molecule has 4 aliphatic rings. The third-order valence-corrected chi connectivity index (χ3v) is 9.97. The van der Waals surface area contributed by atoms with Crippen molar-refractivity contribution in [2.45, 2.75) is 84.2 Å². The van der Waals surface area contributed by atoms with Crippen LogP contribution in [0.3, 0.4) is 0 Å². The quantitative estimate of drug-likeness (QED) is 0.397. The van der Waals surface area contributed by atoms with Gasteiger partial charge in [-0.15, -0.1) is 0 Å². The Morgan fingerprint density at radius 3 is 2.53 bits per heavy atom. The van der Waals surface area contributed by atoms with Crippen molar-refractivity contribution in [1.29, 1.82) is 0 Å². The Kier molecular flexibility index (Phi) is 5.32. The molecule has 4 aliphatic carbocycles. The van der Waals surface area contributed by atoms with E-state index in [0.29, 0.717) is 5.41 Å². The Hall–Kier alpha value is -1.57. The lowest BCUT2D eigenvalue weighted by molar-refractivity contribution is -0.158. The van der Waals surface area contributed by atoms with Crippen LogP contribution in [-0.2, 0) is 9.53 Å². The van der Waals surface area contributed by atoms with Crippen LogP contribution < -0.4 is 0 Å². The molecular weight excluding hydrogens is 368 g/mol. The normalized spacial score (nSPS) is 42.9. The van der Waals surface area contributed by atoms with Crippen molar-refractivity contribution in [2.75, 3.05) is 0 Å². The zero-order valence-electron chi connectivity index (χ0n) is 18.8. The summed E-state index contributed by atoms with van der Waals surface area (Å²) in [6.45, 7) is 5.08. The maximum atomic E-state index is 12.6. The summed E-state index contributed by atoms with van der Waals surface area (Å²) in [4.78, 5) is 12.6. The molecule has 0 spiro atoms. The van der Waals surface area contributed by atoms with E-state index >= 15 is 0 Å². The van der Waals surface area contributed by atoms with Crippen molar-refractivity contribution in [3.63, 3.8) is 0 Å². The summed E-state index contributed by atoms with van der Waals surface area (Å²) in [5.74, 6) is 3.30. The van der Waals surface area contributed by atoms with E-state index < -0.39 is 0 Å². The van der Waals surface area contributed by atoms with Gasteiger partial charge in [-0.05, 0) is 92.1 Å². The molecule has 1 aromatic rings. The zero-order chi connectivity index (χ0) is 20.8. The van der Waals surface area contributed by atoms with Gasteiger partial charge < -0.3 is 4.74 Å². The van der Waals surface area contributed by atoms with Crippen LogP contribution in [0.15, 0.2) is 36.4 Å². The molecule has 2 heteroatoms. The number of fused-ring (bicyclic) bond motifs is 5. The molecule has 0 N–H and O–H groups in total. The molecule has 0 heterocycles. The summed E-state index contributed by atoms with van der Waals surface area (Å²) < 4.78 is 6.09. The lowest BCUT2D eigenvalue weighted by Gasteiger charge is -2.60. The van der Waals surface area contributed by atoms with Gasteiger partial charge >= 0.3 is 5.97 Å². The molecule has 162 valence electrons. The molecule has 2 nitrogen and oxygen atoms in total. The fourth-order valence-corrected chi connectivity index (χ4v) is 8.35. The van der Waals surface area contributed by atoms with Crippen molar-refractivity contribution >= 4 is 12.0 Å². The number of esters is 1. The maximum absolute atomic E-state index is 12.6. The summed E-state index contributed by atoms with van der Waals surface area (Å²) in [7, 11) is 0. The van der Waals surface area contributed by atoms with E-state index in [0.717, 1.165) is 35.7 Å². The van der Waals surface area contributed by atoms with E-state index in [1.54, 1.807) is 6.08 Å². The second-order valence-corrected chi connectivity index (χ2v) is 11.2. The molecule has 4 saturated carbocycles. The Labute approximate surface area is 182 Å². The second-order valence-electron chi connectivity index (χ2n) is 11.2. The van der Waals surface area contributed by atoms with Crippen LogP contribution in [0.5, 0.6) is 0 Å². The van der Waals surface area contributed by atoms with E-state index in [4.69, 9.17) is 4.74 Å². The van der Waals surface area contributed by atoms with Crippen LogP contribution in [0.25, 0.3) is 6.08 Å². The molecule has 7 atom stereocenters. The van der Waals surface area contributed by atoms with Crippen molar-refractivity contribution < 1.29 is 9.53 Å². The van der Waals surface area contributed by atoms with Gasteiger partial charge in [0.2, 0.25) is 0 Å². The van der Waals surface area contributed by atoms with E-state index in [-0.39, 0.29) is 17.5 Å². The van der Waals surface area contributed by atoms with Gasteiger partial charge in [0.05, 0.1) is 0 Å². The number of benzene rings is 1. The third kappa shape index (κ3) is 3.35. The van der Waals surface area contributed by atoms with Gasteiger partial charge in [0.15, 0.2) is 0 Å². The van der Waals surface area contributed by atoms with Gasteiger partial charge in [-0.25, -0.2) is 4.79 Å². The van der Waals surface area contributed by atoms with Crippen molar-refractivity contribution in [2.24, 2.45) is 34.5 Å². The number of rotatable bonds is 3. The maximum Gasteiger partial charge on any atom is 0.331 e. The Morgan fingerprint density at radius 1 is 0.900 bits per heavy atom. The van der Waals surface area contributed by atoms with Crippen molar-refractivity contribution in [3.05, 3.63) is 42.0 Å². The molecule has 0 unspecified atom stereocenters. The summed E-state index contributed by atoms with van der Waals surface area (Å²) in [5.41, 5.74) is 1.80. The minimum Gasteiger partial charge on any atom is -0.459 e. The third-order valence-electron chi connectivity index (χ3n) is 9.97. The van der Waals surface area contributed by atoms with Crippen molar-refractivity contribution in [3.8, 4) is 0 Å². The van der Waals surface area contributed by atoms with Gasteiger partial charge in [-0.1, -0.05) is 57.0 Å². The lowest BCUT2D eigenvalue weighted by atomic mass is 9.45. The summed E-state index contributed by atoms with van der Waals surface area (Å²) in [6, 6.07) is 10.0. The Bertz CT molecular complexity index is 798. The standard InChI is InChI=1S/C28H38O2/c1-27-18-7-6-10-21(27)12-13-22-23-14-15-25(28(23,2)19-17-24(22)27)30-26(29)16-11-20-8-4-3-5-9-20/h3-5,8-9,11,16,21-25H,6-7,10,12-15,17-19H2,1-2H3/b16-11+/t21-,22-,23-,24-,25-,27+,28+/m1/s1. The van der Waals surface area contributed by atoms with E-state index in [1.165, 1.54) is 57.8 Å². The average Bonchev–Trinajstić information content (AvgIpc) is 3.09. The monoisotopic (exact) mass is 406 g/mol. The molecule has 0 radical (unpaired) electrons. The molecule has 30 heavy (non-hydrogen) atoms. The highest BCUT2D eigenvalue weighted by atomic mass is 16.5. The second kappa shape index (κ2) is 7.84. The molecule has 4 fully saturated rings. The van der Waals surface area contributed by atoms with Crippen LogP contribution in [-0.4, -0.2) is 12.1 Å². The molecule has 0 amide bonds. The topological polar surface area (TPSA) is 26.3 Å². The molecule has 0 bridgehead atoms. The summed E-state index contributed by atoms with van der Waals surface area (Å²) >= 11 is 0. The van der Waals surface area contributed by atoms with Crippen LogP contribution in [0, 0.1) is 34.5 Å². The van der Waals surface area contributed by atoms with Crippen LogP contribution in [0.2, 0.25) is 0 Å². The van der Waals surface area contributed by atoms with Crippen LogP contribution in [0.1, 0.15) is 83.6 Å². The highest BCUT2D eigenvalue weighted by Gasteiger charge is 2.60. The van der Waals surface area contributed by atoms with E-state index in [1.807, 2.05) is 36.4 Å². The lowest BCUT2D eigenvalue weighted by Crippen LogP contribution is -2.53. The van der Waals surface area contributed by atoms with E-state index in [9.17, 15) is 4.79 Å². The fraction of sp³-hybridized carbons (Fsp3) is 0.679. The minimum absolute atomic E-state index is 0.0910.